The quantitative estimate of drug-likeness (QED) is 0.362. The Morgan fingerprint density at radius 3 is 2.62 bits per heavy atom. The van der Waals surface area contributed by atoms with Crippen molar-refractivity contribution in [2.24, 2.45) is 5.41 Å². The highest BCUT2D eigenvalue weighted by atomic mass is 19.4. The zero-order chi connectivity index (χ0) is 26.6. The summed E-state index contributed by atoms with van der Waals surface area (Å²) in [5.41, 5.74) is 2.70. The molecule has 1 N–H and O–H groups in total. The average Bonchev–Trinajstić information content (AvgIpc) is 3.30. The number of nitrogens with zero attached hydrogens (tertiary/aromatic N) is 2. The second-order valence-electron chi connectivity index (χ2n) is 10.3. The molecular weight excluding hydrogens is 500 g/mol. The highest BCUT2D eigenvalue weighted by molar-refractivity contribution is 5.88. The minimum atomic E-state index is -4.63. The number of hydrogen-bond donors (Lipinski definition) is 1. The lowest BCUT2D eigenvalue weighted by Gasteiger charge is -2.54. The van der Waals surface area contributed by atoms with Crippen LogP contribution in [-0.2, 0) is 6.54 Å². The number of methoxy groups -OCH3 is 1. The van der Waals surface area contributed by atoms with E-state index in [0.29, 0.717) is 37.2 Å². The van der Waals surface area contributed by atoms with Crippen molar-refractivity contribution < 1.29 is 35.8 Å². The van der Waals surface area contributed by atoms with E-state index in [1.165, 1.54) is 6.20 Å². The van der Waals surface area contributed by atoms with E-state index in [1.54, 1.807) is 7.11 Å². The van der Waals surface area contributed by atoms with Gasteiger partial charge in [-0.2, -0.15) is 13.2 Å². The van der Waals surface area contributed by atoms with Crippen LogP contribution in [-0.4, -0.2) is 47.2 Å². The monoisotopic (exact) mass is 527 g/mol. The number of nitrogens with one attached hydrogen (secondary N) is 1. The molecule has 3 aromatic rings. The number of aromatic nitrogens is 2. The molecule has 2 aromatic heterocycles. The summed E-state index contributed by atoms with van der Waals surface area (Å²) in [6.45, 7) is 1.19. The first kappa shape index (κ1) is 25.7. The van der Waals surface area contributed by atoms with Crippen molar-refractivity contribution >= 4 is 10.9 Å². The van der Waals surface area contributed by atoms with Gasteiger partial charge in [-0.05, 0) is 61.1 Å². The van der Waals surface area contributed by atoms with Crippen LogP contribution in [0.5, 0.6) is 11.6 Å². The molecule has 3 heterocycles. The molecule has 1 saturated carbocycles. The summed E-state index contributed by atoms with van der Waals surface area (Å²) in [5.74, 6) is -3.81. The minimum Gasteiger partial charge on any atom is -0.496 e. The van der Waals surface area contributed by atoms with Gasteiger partial charge in [0.1, 0.15) is 5.75 Å². The molecule has 0 unspecified atom stereocenters. The molecule has 11 heteroatoms. The maximum atomic E-state index is 14.8. The van der Waals surface area contributed by atoms with Crippen LogP contribution in [0, 0.1) is 18.2 Å². The van der Waals surface area contributed by atoms with Crippen LogP contribution >= 0.6 is 0 Å². The predicted octanol–water partition coefficient (Wildman–Crippen LogP) is 6.71. The van der Waals surface area contributed by atoms with Crippen LogP contribution < -0.4 is 9.47 Å². The SMILES string of the molecule is COc1cc(C)c2[nH]ccc2c1CN1CCC2(C[C@@H]1c1cnc(OCC(F)(F)F)c(F)c1)CC(F)(F)C2. The van der Waals surface area contributed by atoms with Crippen molar-refractivity contribution in [3.63, 3.8) is 0 Å². The number of benzene rings is 1. The lowest BCUT2D eigenvalue weighted by molar-refractivity contribution is -0.186. The fourth-order valence-electron chi connectivity index (χ4n) is 5.93. The molecule has 5 nitrogen and oxygen atoms in total. The van der Waals surface area contributed by atoms with Gasteiger partial charge in [0.25, 0.3) is 5.88 Å². The third-order valence-electron chi connectivity index (χ3n) is 7.54. The lowest BCUT2D eigenvalue weighted by atomic mass is 9.59. The van der Waals surface area contributed by atoms with E-state index < -0.39 is 41.9 Å². The largest absolute Gasteiger partial charge is 0.496 e. The zero-order valence-corrected chi connectivity index (χ0v) is 20.4. The van der Waals surface area contributed by atoms with Gasteiger partial charge in [-0.3, -0.25) is 4.90 Å². The first-order valence-electron chi connectivity index (χ1n) is 12.0. The van der Waals surface area contributed by atoms with E-state index in [0.717, 1.165) is 28.1 Å². The van der Waals surface area contributed by atoms with E-state index in [4.69, 9.17) is 4.74 Å². The lowest BCUT2D eigenvalue weighted by Crippen LogP contribution is -2.53. The number of likely N-dealkylation sites (tertiary alicyclic amines) is 1. The third-order valence-corrected chi connectivity index (χ3v) is 7.54. The molecule has 0 bridgehead atoms. The van der Waals surface area contributed by atoms with Gasteiger partial charge in [0.15, 0.2) is 12.4 Å². The van der Waals surface area contributed by atoms with E-state index in [2.05, 4.69) is 19.6 Å². The molecule has 2 aliphatic rings. The molecule has 2 fully saturated rings. The van der Waals surface area contributed by atoms with E-state index >= 15 is 0 Å². The maximum absolute atomic E-state index is 14.8. The standard InChI is InChI=1S/C26H27F6N3O2/c1-15-7-21(36-2)18(17-3-5-33-22(15)17)11-35-6-4-24(12-25(28,29)13-24)9-20(35)16-8-19(27)23(34-10-16)37-14-26(30,31)32/h3,5,7-8,10,20,33H,4,6,9,11-14H2,1-2H3/t20-/m1/s1. The van der Waals surface area contributed by atoms with E-state index in [9.17, 15) is 26.3 Å². The Kier molecular flexibility index (Phi) is 6.32. The van der Waals surface area contributed by atoms with Gasteiger partial charge in [-0.15, -0.1) is 0 Å². The number of pyridine rings is 1. The number of H-pyrrole nitrogens is 1. The van der Waals surface area contributed by atoms with Gasteiger partial charge in [0.05, 0.1) is 7.11 Å². The van der Waals surface area contributed by atoms with Crippen LogP contribution in [0.3, 0.4) is 0 Å². The Labute approximate surface area is 209 Å². The first-order valence-corrected chi connectivity index (χ1v) is 12.0. The van der Waals surface area contributed by atoms with Gasteiger partial charge in [-0.25, -0.2) is 18.2 Å². The summed E-state index contributed by atoms with van der Waals surface area (Å²) in [7, 11) is 1.58. The number of halogens is 6. The normalized spacial score (nSPS) is 21.2. The number of fused-ring (bicyclic) bond motifs is 1. The molecular formula is C26H27F6N3O2. The Hall–Kier alpha value is -2.95. The smallest absolute Gasteiger partial charge is 0.422 e. The molecule has 1 aliphatic heterocycles. The fourth-order valence-corrected chi connectivity index (χ4v) is 5.93. The first-order chi connectivity index (χ1) is 17.4. The molecule has 1 saturated heterocycles. The Morgan fingerprint density at radius 1 is 1.22 bits per heavy atom. The highest BCUT2D eigenvalue weighted by Gasteiger charge is 2.58. The van der Waals surface area contributed by atoms with E-state index in [1.807, 2.05) is 25.3 Å². The van der Waals surface area contributed by atoms with Crippen molar-refractivity contribution in [2.75, 3.05) is 20.3 Å². The van der Waals surface area contributed by atoms with Crippen molar-refractivity contribution in [1.29, 1.82) is 0 Å². The molecule has 0 amide bonds. The summed E-state index contributed by atoms with van der Waals surface area (Å²) in [4.78, 5) is 9.11. The van der Waals surface area contributed by atoms with Crippen molar-refractivity contribution in [1.82, 2.24) is 14.9 Å². The molecule has 1 spiro atoms. The van der Waals surface area contributed by atoms with Crippen molar-refractivity contribution in [2.45, 2.75) is 57.3 Å². The topological polar surface area (TPSA) is 50.4 Å². The van der Waals surface area contributed by atoms with Gasteiger partial charge >= 0.3 is 6.18 Å². The summed E-state index contributed by atoms with van der Waals surface area (Å²) in [5, 5.41) is 0.964. The highest BCUT2D eigenvalue weighted by Crippen LogP contribution is 2.60. The Morgan fingerprint density at radius 2 is 1.97 bits per heavy atom. The second kappa shape index (κ2) is 9.11. The van der Waals surface area contributed by atoms with Crippen molar-refractivity contribution in [3.05, 3.63) is 53.1 Å². The molecule has 1 atom stereocenters. The summed E-state index contributed by atoms with van der Waals surface area (Å²) < 4.78 is 90.3. The Balaban J connectivity index is 1.47. The van der Waals surface area contributed by atoms with Crippen LogP contribution in [0.15, 0.2) is 30.6 Å². The van der Waals surface area contributed by atoms with Crippen LogP contribution in [0.1, 0.15) is 48.4 Å². The van der Waals surface area contributed by atoms with Crippen LogP contribution in [0.4, 0.5) is 26.3 Å². The van der Waals surface area contributed by atoms with Crippen molar-refractivity contribution in [3.8, 4) is 11.6 Å². The predicted molar refractivity (Wildman–Crippen MR) is 124 cm³/mol. The number of ether oxygens (including phenoxy) is 2. The van der Waals surface area contributed by atoms with Gasteiger partial charge in [0.2, 0.25) is 5.92 Å². The zero-order valence-electron chi connectivity index (χ0n) is 20.4. The average molecular weight is 528 g/mol. The summed E-state index contributed by atoms with van der Waals surface area (Å²) in [6.07, 6.45) is -1.07. The fraction of sp³-hybridized carbons (Fsp3) is 0.500. The van der Waals surface area contributed by atoms with E-state index in [-0.39, 0.29) is 12.8 Å². The number of alkyl halides is 5. The van der Waals surface area contributed by atoms with Gasteiger partial charge < -0.3 is 14.5 Å². The maximum Gasteiger partial charge on any atom is 0.422 e. The number of hydrogen-bond acceptors (Lipinski definition) is 4. The van der Waals surface area contributed by atoms with Crippen LogP contribution in [0.2, 0.25) is 0 Å². The molecule has 1 aromatic carbocycles. The summed E-state index contributed by atoms with van der Waals surface area (Å²) >= 11 is 0. The number of piperidine rings is 1. The van der Waals surface area contributed by atoms with Gasteiger partial charge in [-0.1, -0.05) is 0 Å². The number of rotatable bonds is 6. The number of aromatic amines is 1. The Bertz CT molecular complexity index is 1300. The van der Waals surface area contributed by atoms with Gasteiger partial charge in [0, 0.05) is 54.3 Å². The molecule has 200 valence electrons. The van der Waals surface area contributed by atoms with Crippen LogP contribution in [0.25, 0.3) is 10.9 Å². The second-order valence-corrected chi connectivity index (χ2v) is 10.3. The molecule has 0 radical (unpaired) electrons. The summed E-state index contributed by atoms with van der Waals surface area (Å²) in [6, 6.07) is 4.50. The number of aryl methyl sites for hydroxylation is 1. The third kappa shape index (κ3) is 5.10. The minimum absolute atomic E-state index is 0.233. The molecule has 37 heavy (non-hydrogen) atoms. The molecule has 1 aliphatic carbocycles. The molecule has 5 rings (SSSR count).